The van der Waals surface area contributed by atoms with Gasteiger partial charge in [0.1, 0.15) is 17.2 Å². The molecule has 0 unspecified atom stereocenters. The number of nitrogens with one attached hydrogen (secondary N) is 1. The normalized spacial score (nSPS) is 11.3. The van der Waals surface area contributed by atoms with Crippen molar-refractivity contribution < 1.29 is 13.9 Å². The number of benzene rings is 1. The van der Waals surface area contributed by atoms with Crippen molar-refractivity contribution >= 4 is 11.6 Å². The summed E-state index contributed by atoms with van der Waals surface area (Å²) in [6.45, 7) is 5.63. The fourth-order valence-electron chi connectivity index (χ4n) is 1.88. The molecule has 0 radical (unpaired) electrons. The van der Waals surface area contributed by atoms with E-state index in [4.69, 9.17) is 9.15 Å². The summed E-state index contributed by atoms with van der Waals surface area (Å²) in [6, 6.07) is 9.36. The average molecular weight is 286 g/mol. The van der Waals surface area contributed by atoms with E-state index >= 15 is 0 Å². The van der Waals surface area contributed by atoms with Crippen LogP contribution in [-0.2, 0) is 4.79 Å². The Morgan fingerprint density at radius 3 is 2.62 bits per heavy atom. The zero-order chi connectivity index (χ0) is 15.2. The Morgan fingerprint density at radius 2 is 2.00 bits per heavy atom. The van der Waals surface area contributed by atoms with E-state index in [9.17, 15) is 4.79 Å². The van der Waals surface area contributed by atoms with Crippen molar-refractivity contribution in [3.05, 3.63) is 53.5 Å². The van der Waals surface area contributed by atoms with Gasteiger partial charge in [-0.05, 0) is 56.2 Å². The van der Waals surface area contributed by atoms with Crippen molar-refractivity contribution in [2.75, 3.05) is 6.61 Å². The van der Waals surface area contributed by atoms with Crippen molar-refractivity contribution in [3.8, 4) is 5.75 Å². The molecular formula is C16H18N2O3. The van der Waals surface area contributed by atoms with Crippen LogP contribution in [0.3, 0.4) is 0 Å². The highest BCUT2D eigenvalue weighted by Crippen LogP contribution is 2.15. The molecule has 1 amide bonds. The molecule has 0 atom stereocenters. The molecule has 0 saturated carbocycles. The minimum absolute atomic E-state index is 0.0855. The van der Waals surface area contributed by atoms with Gasteiger partial charge in [-0.3, -0.25) is 4.79 Å². The zero-order valence-electron chi connectivity index (χ0n) is 12.3. The Bertz CT molecular complexity index is 625. The number of hydrogen-bond acceptors (Lipinski definition) is 4. The third-order valence-corrected chi connectivity index (χ3v) is 2.79. The van der Waals surface area contributed by atoms with Gasteiger partial charge in [0, 0.05) is 0 Å². The number of ether oxygens (including phenoxy) is 1. The van der Waals surface area contributed by atoms with Crippen LogP contribution in [0.5, 0.6) is 5.75 Å². The monoisotopic (exact) mass is 286 g/mol. The number of aryl methyl sites for hydroxylation is 2. The number of nitrogens with zero attached hydrogens (tertiary/aromatic N) is 1. The van der Waals surface area contributed by atoms with E-state index in [1.54, 1.807) is 25.3 Å². The Hall–Kier alpha value is -2.56. The van der Waals surface area contributed by atoms with Gasteiger partial charge in [0.05, 0.1) is 6.26 Å². The summed E-state index contributed by atoms with van der Waals surface area (Å²) in [4.78, 5) is 11.7. The Morgan fingerprint density at radius 1 is 1.29 bits per heavy atom. The van der Waals surface area contributed by atoms with Gasteiger partial charge in [-0.25, -0.2) is 5.43 Å². The maximum absolute atomic E-state index is 11.7. The van der Waals surface area contributed by atoms with Crippen molar-refractivity contribution in [3.63, 3.8) is 0 Å². The lowest BCUT2D eigenvalue weighted by molar-refractivity contribution is -0.123. The van der Waals surface area contributed by atoms with Gasteiger partial charge in [0.2, 0.25) is 0 Å². The summed E-state index contributed by atoms with van der Waals surface area (Å²) in [5.41, 5.74) is 5.22. The van der Waals surface area contributed by atoms with Gasteiger partial charge in [0.15, 0.2) is 6.61 Å². The molecule has 0 saturated heterocycles. The largest absolute Gasteiger partial charge is 0.484 e. The first kappa shape index (κ1) is 14.8. The van der Waals surface area contributed by atoms with Gasteiger partial charge in [-0.15, -0.1) is 0 Å². The molecule has 21 heavy (non-hydrogen) atoms. The molecule has 110 valence electrons. The van der Waals surface area contributed by atoms with Crippen LogP contribution in [0.15, 0.2) is 46.1 Å². The number of rotatable bonds is 5. The quantitative estimate of drug-likeness (QED) is 0.679. The van der Waals surface area contributed by atoms with Crippen LogP contribution < -0.4 is 10.2 Å². The first-order valence-electron chi connectivity index (χ1n) is 6.62. The molecule has 0 aliphatic carbocycles. The molecule has 1 heterocycles. The molecule has 0 fully saturated rings. The van der Waals surface area contributed by atoms with Crippen LogP contribution in [-0.4, -0.2) is 18.2 Å². The molecule has 0 spiro atoms. The number of carbonyl (C=O) groups is 1. The number of amides is 1. The van der Waals surface area contributed by atoms with E-state index in [0.29, 0.717) is 17.2 Å². The van der Waals surface area contributed by atoms with E-state index in [1.807, 2.05) is 32.0 Å². The lowest BCUT2D eigenvalue weighted by atomic mass is 10.1. The fraction of sp³-hybridized carbons (Fsp3) is 0.250. The van der Waals surface area contributed by atoms with E-state index in [2.05, 4.69) is 10.5 Å². The lowest BCUT2D eigenvalue weighted by Crippen LogP contribution is -2.25. The lowest BCUT2D eigenvalue weighted by Gasteiger charge is -2.07. The standard InChI is InChI=1S/C16H18N2O3/c1-11-7-12(2)9-14(8-11)21-10-16(19)18-17-13(3)15-5-4-6-20-15/h4-9H,10H2,1-3H3,(H,18,19). The van der Waals surface area contributed by atoms with Gasteiger partial charge in [-0.1, -0.05) is 6.07 Å². The van der Waals surface area contributed by atoms with Crippen molar-refractivity contribution in [1.29, 1.82) is 0 Å². The van der Waals surface area contributed by atoms with Crippen molar-refractivity contribution in [2.24, 2.45) is 5.10 Å². The molecule has 5 heteroatoms. The summed E-state index contributed by atoms with van der Waals surface area (Å²) in [6.07, 6.45) is 1.55. The predicted molar refractivity (Wildman–Crippen MR) is 80.5 cm³/mol. The van der Waals surface area contributed by atoms with Crippen LogP contribution in [0, 0.1) is 13.8 Å². The van der Waals surface area contributed by atoms with Crippen LogP contribution in [0.2, 0.25) is 0 Å². The van der Waals surface area contributed by atoms with E-state index in [1.165, 1.54) is 0 Å². The van der Waals surface area contributed by atoms with E-state index in [0.717, 1.165) is 11.1 Å². The average Bonchev–Trinajstić information content (AvgIpc) is 2.95. The zero-order valence-corrected chi connectivity index (χ0v) is 12.3. The molecular weight excluding hydrogens is 268 g/mol. The molecule has 0 aliphatic rings. The number of hydrazone groups is 1. The maximum Gasteiger partial charge on any atom is 0.277 e. The van der Waals surface area contributed by atoms with Crippen LogP contribution in [0.4, 0.5) is 0 Å². The minimum atomic E-state index is -0.319. The highest BCUT2D eigenvalue weighted by molar-refractivity contribution is 5.96. The van der Waals surface area contributed by atoms with Crippen LogP contribution >= 0.6 is 0 Å². The molecule has 5 nitrogen and oxygen atoms in total. The fourth-order valence-corrected chi connectivity index (χ4v) is 1.88. The Labute approximate surface area is 123 Å². The topological polar surface area (TPSA) is 63.8 Å². The highest BCUT2D eigenvalue weighted by atomic mass is 16.5. The molecule has 1 N–H and O–H groups in total. The SMILES string of the molecule is CC(=NNC(=O)COc1cc(C)cc(C)c1)c1ccco1. The van der Waals surface area contributed by atoms with E-state index < -0.39 is 0 Å². The second-order valence-corrected chi connectivity index (χ2v) is 4.82. The molecule has 2 aromatic rings. The molecule has 1 aromatic carbocycles. The Balaban J connectivity index is 1.86. The summed E-state index contributed by atoms with van der Waals surface area (Å²) in [7, 11) is 0. The summed E-state index contributed by atoms with van der Waals surface area (Å²) < 4.78 is 10.6. The van der Waals surface area contributed by atoms with Crippen molar-refractivity contribution in [1.82, 2.24) is 5.43 Å². The summed E-state index contributed by atoms with van der Waals surface area (Å²) >= 11 is 0. The first-order chi connectivity index (χ1) is 10.0. The molecule has 1 aromatic heterocycles. The Kier molecular flexibility index (Phi) is 4.77. The predicted octanol–water partition coefficient (Wildman–Crippen LogP) is 2.82. The van der Waals surface area contributed by atoms with Crippen molar-refractivity contribution in [2.45, 2.75) is 20.8 Å². The third kappa shape index (κ3) is 4.49. The molecule has 2 rings (SSSR count). The molecule has 0 bridgehead atoms. The van der Waals surface area contributed by atoms with Gasteiger partial charge in [-0.2, -0.15) is 5.10 Å². The van der Waals surface area contributed by atoms with Crippen LogP contribution in [0.1, 0.15) is 23.8 Å². The number of hydrogen-bond donors (Lipinski definition) is 1. The summed E-state index contributed by atoms with van der Waals surface area (Å²) in [5.74, 6) is 0.972. The third-order valence-electron chi connectivity index (χ3n) is 2.79. The number of furan rings is 1. The smallest absolute Gasteiger partial charge is 0.277 e. The van der Waals surface area contributed by atoms with Gasteiger partial charge in [0.25, 0.3) is 5.91 Å². The highest BCUT2D eigenvalue weighted by Gasteiger charge is 2.04. The number of carbonyl (C=O) groups excluding carboxylic acids is 1. The second-order valence-electron chi connectivity index (χ2n) is 4.82. The summed E-state index contributed by atoms with van der Waals surface area (Å²) in [5, 5.41) is 3.96. The molecule has 0 aliphatic heterocycles. The maximum atomic E-state index is 11.7. The minimum Gasteiger partial charge on any atom is -0.484 e. The van der Waals surface area contributed by atoms with Gasteiger partial charge >= 0.3 is 0 Å². The second kappa shape index (κ2) is 6.74. The van der Waals surface area contributed by atoms with E-state index in [-0.39, 0.29) is 12.5 Å². The van der Waals surface area contributed by atoms with Crippen LogP contribution in [0.25, 0.3) is 0 Å². The van der Waals surface area contributed by atoms with Gasteiger partial charge < -0.3 is 9.15 Å². The first-order valence-corrected chi connectivity index (χ1v) is 6.62.